The topological polar surface area (TPSA) is 92.8 Å². The molecular weight excluding hydrogens is 528 g/mol. The van der Waals surface area contributed by atoms with Crippen LogP contribution >= 0.6 is 0 Å². The van der Waals surface area contributed by atoms with Crippen molar-refractivity contribution in [2.75, 3.05) is 6.61 Å². The van der Waals surface area contributed by atoms with E-state index < -0.39 is 36.6 Å². The van der Waals surface area contributed by atoms with Crippen LogP contribution in [-0.4, -0.2) is 45.5 Å². The van der Waals surface area contributed by atoms with Crippen LogP contribution in [-0.2, 0) is 10.3 Å². The minimum atomic E-state index is -4.92. The zero-order chi connectivity index (χ0) is 27.8. The molecule has 1 aromatic heterocycles. The number of tetrazole rings is 1. The predicted molar refractivity (Wildman–Crippen MR) is 127 cm³/mol. The fraction of sp³-hybridized carbons (Fsp3) is 0.385. The molecule has 1 amide bonds. The smallest absolute Gasteiger partial charge is 0.416 e. The van der Waals surface area contributed by atoms with Gasteiger partial charge in [-0.1, -0.05) is 36.4 Å². The van der Waals surface area contributed by atoms with Crippen LogP contribution in [0.3, 0.4) is 0 Å². The number of rotatable bonds is 8. The second-order valence-corrected chi connectivity index (χ2v) is 9.61. The number of benzene rings is 2. The molecule has 0 bridgehead atoms. The second kappa shape index (κ2) is 10.0. The van der Waals surface area contributed by atoms with E-state index in [1.54, 1.807) is 12.1 Å². The summed E-state index contributed by atoms with van der Waals surface area (Å²) in [4.78, 5) is 13.3. The lowest BCUT2D eigenvalue weighted by molar-refractivity contribution is -0.201. The van der Waals surface area contributed by atoms with Gasteiger partial charge in [0, 0.05) is 12.8 Å². The highest BCUT2D eigenvalue weighted by Crippen LogP contribution is 2.50. The maximum atomic E-state index is 14.8. The van der Waals surface area contributed by atoms with E-state index in [0.717, 1.165) is 30.5 Å². The van der Waals surface area contributed by atoms with Crippen LogP contribution in [0.1, 0.15) is 60.5 Å². The maximum absolute atomic E-state index is 14.8. The Bertz CT molecular complexity index is 1350. The molecule has 13 heteroatoms. The highest BCUT2D eigenvalue weighted by molar-refractivity contribution is 6.27. The number of hydrogen-bond donors (Lipinski definition) is 2. The van der Waals surface area contributed by atoms with E-state index in [4.69, 9.17) is 4.74 Å². The number of H-pyrrole nitrogens is 1. The molecule has 7 nitrogen and oxygen atoms in total. The third kappa shape index (κ3) is 5.62. The molecule has 2 aliphatic rings. The first kappa shape index (κ1) is 26.7. The number of nitrogens with zero attached hydrogens (tertiary/aromatic N) is 3. The number of hydrogen-bond acceptors (Lipinski definition) is 5. The molecule has 206 valence electrons. The molecule has 1 aliphatic carbocycles. The first-order valence-electron chi connectivity index (χ1n) is 12.2. The van der Waals surface area contributed by atoms with Gasteiger partial charge >= 0.3 is 12.4 Å². The summed E-state index contributed by atoms with van der Waals surface area (Å²) in [5, 5.41) is 15.5. The molecule has 0 radical (unpaired) electrons. The van der Waals surface area contributed by atoms with Crippen molar-refractivity contribution in [2.24, 2.45) is 0 Å². The van der Waals surface area contributed by atoms with Crippen LogP contribution < -0.4 is 10.1 Å². The number of aromatic amines is 1. The normalized spacial score (nSPS) is 20.2. The first-order valence-corrected chi connectivity index (χ1v) is 12.2. The average molecular weight is 551 g/mol. The molecule has 2 heterocycles. The van der Waals surface area contributed by atoms with Crippen molar-refractivity contribution < 1.29 is 35.9 Å². The number of carbonyl (C=O) groups excluding carboxylic acids is 1. The largest absolute Gasteiger partial charge is 0.494 e. The SMILES string of the molecule is O=C1NC(c2ccc(OCCCC(F)(F)F)cc2)(C(F)(F)F)CC(c2ccc(C3CC3)cc2)=C1c1nn[nH]n1. The molecule has 2 aromatic carbocycles. The lowest BCUT2D eigenvalue weighted by atomic mass is 9.76. The van der Waals surface area contributed by atoms with Crippen molar-refractivity contribution in [1.29, 1.82) is 0 Å². The van der Waals surface area contributed by atoms with Crippen molar-refractivity contribution in [3.05, 3.63) is 71.0 Å². The van der Waals surface area contributed by atoms with Gasteiger partial charge in [-0.2, -0.15) is 31.6 Å². The Morgan fingerprint density at radius 3 is 2.23 bits per heavy atom. The summed E-state index contributed by atoms with van der Waals surface area (Å²) < 4.78 is 86.8. The molecule has 1 unspecified atom stereocenters. The predicted octanol–water partition coefficient (Wildman–Crippen LogP) is 5.69. The lowest BCUT2D eigenvalue weighted by Gasteiger charge is -2.41. The van der Waals surface area contributed by atoms with Crippen LogP contribution in [0.15, 0.2) is 48.5 Å². The Morgan fingerprint density at radius 1 is 0.974 bits per heavy atom. The number of alkyl halides is 6. The van der Waals surface area contributed by atoms with Crippen molar-refractivity contribution in [3.63, 3.8) is 0 Å². The third-order valence-electron chi connectivity index (χ3n) is 6.88. The van der Waals surface area contributed by atoms with E-state index in [1.165, 1.54) is 12.1 Å². The van der Waals surface area contributed by atoms with Crippen LogP contribution in [0.4, 0.5) is 26.3 Å². The van der Waals surface area contributed by atoms with Gasteiger partial charge in [-0.3, -0.25) is 4.79 Å². The summed E-state index contributed by atoms with van der Waals surface area (Å²) in [6.07, 6.45) is -9.11. The zero-order valence-corrected chi connectivity index (χ0v) is 20.4. The van der Waals surface area contributed by atoms with Crippen LogP contribution in [0.5, 0.6) is 5.75 Å². The monoisotopic (exact) mass is 551 g/mol. The fourth-order valence-corrected chi connectivity index (χ4v) is 4.72. The van der Waals surface area contributed by atoms with Gasteiger partial charge in [-0.15, -0.1) is 10.2 Å². The van der Waals surface area contributed by atoms with Crippen molar-refractivity contribution in [1.82, 2.24) is 25.9 Å². The maximum Gasteiger partial charge on any atom is 0.416 e. The summed E-state index contributed by atoms with van der Waals surface area (Å²) in [5.74, 6) is -0.608. The number of nitrogens with one attached hydrogen (secondary N) is 2. The van der Waals surface area contributed by atoms with Crippen molar-refractivity contribution in [2.45, 2.75) is 55.9 Å². The molecule has 0 saturated heterocycles. The summed E-state index contributed by atoms with van der Waals surface area (Å²) >= 11 is 0. The number of ether oxygens (including phenoxy) is 1. The van der Waals surface area contributed by atoms with Gasteiger partial charge < -0.3 is 10.1 Å². The summed E-state index contributed by atoms with van der Waals surface area (Å²) in [5.41, 5.74) is -1.57. The average Bonchev–Trinajstić information content (AvgIpc) is 3.60. The van der Waals surface area contributed by atoms with Gasteiger partial charge in [0.05, 0.1) is 12.2 Å². The third-order valence-corrected chi connectivity index (χ3v) is 6.88. The van der Waals surface area contributed by atoms with Gasteiger partial charge in [0.2, 0.25) is 5.82 Å². The molecule has 2 N–H and O–H groups in total. The van der Waals surface area contributed by atoms with Crippen LogP contribution in [0.25, 0.3) is 11.1 Å². The Kier molecular flexibility index (Phi) is 6.85. The van der Waals surface area contributed by atoms with Crippen molar-refractivity contribution in [3.8, 4) is 5.75 Å². The molecule has 5 rings (SSSR count). The highest BCUT2D eigenvalue weighted by Gasteiger charge is 2.59. The Labute approximate surface area is 218 Å². The molecule has 1 fully saturated rings. The summed E-state index contributed by atoms with van der Waals surface area (Å²) in [6.45, 7) is -0.252. The highest BCUT2D eigenvalue weighted by atomic mass is 19.4. The second-order valence-electron chi connectivity index (χ2n) is 9.61. The van der Waals surface area contributed by atoms with E-state index in [2.05, 4.69) is 25.9 Å². The number of amides is 1. The number of aromatic nitrogens is 4. The van der Waals surface area contributed by atoms with Gasteiger partial charge in [-0.25, -0.2) is 0 Å². The van der Waals surface area contributed by atoms with Gasteiger partial charge in [0.1, 0.15) is 5.75 Å². The first-order chi connectivity index (χ1) is 18.5. The minimum Gasteiger partial charge on any atom is -0.494 e. The van der Waals surface area contributed by atoms with Crippen LogP contribution in [0.2, 0.25) is 0 Å². The summed E-state index contributed by atoms with van der Waals surface area (Å²) in [6, 6.07) is 11.9. The van der Waals surface area contributed by atoms with Gasteiger partial charge in [0.15, 0.2) is 5.54 Å². The van der Waals surface area contributed by atoms with Gasteiger partial charge in [-0.05, 0) is 64.8 Å². The molecule has 39 heavy (non-hydrogen) atoms. The number of halogens is 6. The Hall–Kier alpha value is -3.90. The van der Waals surface area contributed by atoms with Gasteiger partial charge in [0.25, 0.3) is 5.91 Å². The van der Waals surface area contributed by atoms with E-state index in [1.807, 2.05) is 12.1 Å². The minimum absolute atomic E-state index is 0.104. The summed E-state index contributed by atoms with van der Waals surface area (Å²) in [7, 11) is 0. The Balaban J connectivity index is 1.49. The molecule has 1 aliphatic heterocycles. The van der Waals surface area contributed by atoms with Crippen molar-refractivity contribution >= 4 is 17.1 Å². The van der Waals surface area contributed by atoms with E-state index in [0.29, 0.717) is 11.5 Å². The van der Waals surface area contributed by atoms with Crippen LogP contribution in [0, 0.1) is 0 Å². The zero-order valence-electron chi connectivity index (χ0n) is 20.4. The molecular formula is C26H23F6N5O2. The number of carbonyl (C=O) groups is 1. The molecule has 1 saturated carbocycles. The fourth-order valence-electron chi connectivity index (χ4n) is 4.72. The Morgan fingerprint density at radius 2 is 1.67 bits per heavy atom. The van der Waals surface area contributed by atoms with E-state index in [9.17, 15) is 31.1 Å². The van der Waals surface area contributed by atoms with E-state index in [-0.39, 0.29) is 41.3 Å². The standard InChI is InChI=1S/C26H23F6N5O2/c27-25(28,29)12-1-13-39-19-10-8-18(9-11-19)24(26(30,31)32)14-20(17-6-4-16(5-7-17)15-2-3-15)21(23(38)33-24)22-34-36-37-35-22/h4-11,15H,1-3,12-14H2,(H,33,38)(H,34,35,36,37). The van der Waals surface area contributed by atoms with E-state index >= 15 is 0 Å². The quantitative estimate of drug-likeness (QED) is 0.277. The molecule has 1 atom stereocenters. The molecule has 0 spiro atoms. The molecule has 3 aromatic rings. The lowest BCUT2D eigenvalue weighted by Crippen LogP contribution is -2.58.